The second-order valence-electron chi connectivity index (χ2n) is 4.95. The summed E-state index contributed by atoms with van der Waals surface area (Å²) >= 11 is 0. The Kier molecular flexibility index (Phi) is 3.80. The zero-order valence-electron chi connectivity index (χ0n) is 10.8. The summed E-state index contributed by atoms with van der Waals surface area (Å²) in [5, 5.41) is 10.7. The van der Waals surface area contributed by atoms with Crippen LogP contribution in [0.25, 0.3) is 0 Å². The van der Waals surface area contributed by atoms with E-state index in [1.807, 2.05) is 6.92 Å². The highest BCUT2D eigenvalue weighted by Crippen LogP contribution is 2.25. The lowest BCUT2D eigenvalue weighted by Crippen LogP contribution is -2.34. The summed E-state index contributed by atoms with van der Waals surface area (Å²) in [5.41, 5.74) is 5.93. The normalized spacial score (nSPS) is 22.5. The number of nitrogens with two attached hydrogens (primary N) is 1. The first-order valence-corrected chi connectivity index (χ1v) is 6.28. The van der Waals surface area contributed by atoms with Crippen molar-refractivity contribution in [2.24, 2.45) is 11.7 Å². The van der Waals surface area contributed by atoms with Gasteiger partial charge in [0.05, 0.1) is 4.92 Å². The first-order chi connectivity index (χ1) is 9.02. The molecule has 0 saturated carbocycles. The van der Waals surface area contributed by atoms with E-state index in [9.17, 15) is 14.9 Å². The summed E-state index contributed by atoms with van der Waals surface area (Å²) in [6.07, 6.45) is 0.886. The molecule has 2 unspecified atom stereocenters. The SMILES string of the molecule is CC1CC(CN)CN1C(=O)c1cccc([N+](=O)[O-])c1. The Hall–Kier alpha value is -1.95. The maximum atomic E-state index is 12.4. The Balaban J connectivity index is 2.20. The van der Waals surface area contributed by atoms with Gasteiger partial charge in [0.1, 0.15) is 0 Å². The number of carbonyl (C=O) groups is 1. The van der Waals surface area contributed by atoms with Gasteiger partial charge in [-0.15, -0.1) is 0 Å². The van der Waals surface area contributed by atoms with E-state index in [4.69, 9.17) is 5.73 Å². The summed E-state index contributed by atoms with van der Waals surface area (Å²) in [5.74, 6) is 0.157. The highest BCUT2D eigenvalue weighted by molar-refractivity contribution is 5.95. The minimum atomic E-state index is -0.493. The molecule has 1 amide bonds. The van der Waals surface area contributed by atoms with Gasteiger partial charge in [-0.25, -0.2) is 0 Å². The van der Waals surface area contributed by atoms with Crippen LogP contribution < -0.4 is 5.73 Å². The van der Waals surface area contributed by atoms with Crippen molar-refractivity contribution in [1.82, 2.24) is 4.90 Å². The Labute approximate surface area is 111 Å². The topological polar surface area (TPSA) is 89.5 Å². The lowest BCUT2D eigenvalue weighted by molar-refractivity contribution is -0.384. The molecule has 6 heteroatoms. The van der Waals surface area contributed by atoms with Crippen LogP contribution in [0.3, 0.4) is 0 Å². The fourth-order valence-corrected chi connectivity index (χ4v) is 2.51. The predicted octanol–water partition coefficient (Wildman–Crippen LogP) is 1.40. The van der Waals surface area contributed by atoms with Crippen molar-refractivity contribution in [2.75, 3.05) is 13.1 Å². The highest BCUT2D eigenvalue weighted by atomic mass is 16.6. The maximum absolute atomic E-state index is 12.4. The number of hydrogen-bond donors (Lipinski definition) is 1. The Bertz CT molecular complexity index is 504. The van der Waals surface area contributed by atoms with E-state index >= 15 is 0 Å². The van der Waals surface area contributed by atoms with Gasteiger partial charge in [-0.3, -0.25) is 14.9 Å². The van der Waals surface area contributed by atoms with Crippen molar-refractivity contribution in [3.8, 4) is 0 Å². The van der Waals surface area contributed by atoms with Crippen molar-refractivity contribution in [2.45, 2.75) is 19.4 Å². The minimum absolute atomic E-state index is 0.0620. The van der Waals surface area contributed by atoms with E-state index in [0.717, 1.165) is 6.42 Å². The molecule has 1 aliphatic heterocycles. The number of hydrogen-bond acceptors (Lipinski definition) is 4. The van der Waals surface area contributed by atoms with Crippen molar-refractivity contribution in [1.29, 1.82) is 0 Å². The molecule has 0 aromatic heterocycles. The van der Waals surface area contributed by atoms with Gasteiger partial charge in [0.15, 0.2) is 0 Å². The van der Waals surface area contributed by atoms with E-state index in [1.54, 1.807) is 11.0 Å². The summed E-state index contributed by atoms with van der Waals surface area (Å²) in [7, 11) is 0. The van der Waals surface area contributed by atoms with Crippen molar-refractivity contribution < 1.29 is 9.72 Å². The predicted molar refractivity (Wildman–Crippen MR) is 70.8 cm³/mol. The van der Waals surface area contributed by atoms with Crippen LogP contribution in [0.15, 0.2) is 24.3 Å². The van der Waals surface area contributed by atoms with Gasteiger partial charge in [-0.2, -0.15) is 0 Å². The lowest BCUT2D eigenvalue weighted by atomic mass is 10.1. The first kappa shape index (κ1) is 13.5. The Morgan fingerprint density at radius 2 is 2.32 bits per heavy atom. The third-order valence-corrected chi connectivity index (χ3v) is 3.56. The van der Waals surface area contributed by atoms with E-state index in [-0.39, 0.29) is 17.6 Å². The first-order valence-electron chi connectivity index (χ1n) is 6.28. The second kappa shape index (κ2) is 5.36. The van der Waals surface area contributed by atoms with Crippen LogP contribution >= 0.6 is 0 Å². The number of rotatable bonds is 3. The number of carbonyl (C=O) groups excluding carboxylic acids is 1. The van der Waals surface area contributed by atoms with Crippen molar-refractivity contribution in [3.05, 3.63) is 39.9 Å². The van der Waals surface area contributed by atoms with Gasteiger partial charge >= 0.3 is 0 Å². The number of nitro benzene ring substituents is 1. The Morgan fingerprint density at radius 3 is 2.89 bits per heavy atom. The van der Waals surface area contributed by atoms with Crippen LogP contribution in [0.5, 0.6) is 0 Å². The number of nitro groups is 1. The zero-order valence-corrected chi connectivity index (χ0v) is 10.8. The van der Waals surface area contributed by atoms with E-state index in [0.29, 0.717) is 24.6 Å². The van der Waals surface area contributed by atoms with Crippen LogP contribution in [-0.4, -0.2) is 34.9 Å². The maximum Gasteiger partial charge on any atom is 0.270 e. The quantitative estimate of drug-likeness (QED) is 0.659. The van der Waals surface area contributed by atoms with Crippen LogP contribution in [0.4, 0.5) is 5.69 Å². The lowest BCUT2D eigenvalue weighted by Gasteiger charge is -2.21. The molecule has 0 aliphatic carbocycles. The largest absolute Gasteiger partial charge is 0.336 e. The molecule has 1 aliphatic rings. The molecule has 1 fully saturated rings. The monoisotopic (exact) mass is 263 g/mol. The minimum Gasteiger partial charge on any atom is -0.336 e. The van der Waals surface area contributed by atoms with Crippen molar-refractivity contribution in [3.63, 3.8) is 0 Å². The average molecular weight is 263 g/mol. The molecule has 0 spiro atoms. The van der Waals surface area contributed by atoms with Crippen LogP contribution in [-0.2, 0) is 0 Å². The van der Waals surface area contributed by atoms with Crippen LogP contribution in [0.2, 0.25) is 0 Å². The van der Waals surface area contributed by atoms with Gasteiger partial charge in [-0.05, 0) is 31.9 Å². The average Bonchev–Trinajstić information content (AvgIpc) is 2.79. The molecule has 6 nitrogen and oxygen atoms in total. The number of non-ortho nitro benzene ring substituents is 1. The third kappa shape index (κ3) is 2.73. The van der Waals surface area contributed by atoms with Crippen LogP contribution in [0, 0.1) is 16.0 Å². The van der Waals surface area contributed by atoms with Gasteiger partial charge in [-0.1, -0.05) is 6.07 Å². The smallest absolute Gasteiger partial charge is 0.270 e. The Morgan fingerprint density at radius 1 is 1.58 bits per heavy atom. The molecule has 102 valence electrons. The molecule has 1 saturated heterocycles. The summed E-state index contributed by atoms with van der Waals surface area (Å²) in [4.78, 5) is 24.3. The number of benzene rings is 1. The van der Waals surface area contributed by atoms with Gasteiger partial charge in [0, 0.05) is 30.3 Å². The van der Waals surface area contributed by atoms with Crippen molar-refractivity contribution >= 4 is 11.6 Å². The summed E-state index contributed by atoms with van der Waals surface area (Å²) < 4.78 is 0. The second-order valence-corrected chi connectivity index (χ2v) is 4.95. The molecular weight excluding hydrogens is 246 g/mol. The van der Waals surface area contributed by atoms with Gasteiger partial charge < -0.3 is 10.6 Å². The van der Waals surface area contributed by atoms with E-state index in [2.05, 4.69) is 0 Å². The molecule has 1 aromatic rings. The highest BCUT2D eigenvalue weighted by Gasteiger charge is 2.32. The van der Waals surface area contributed by atoms with Gasteiger partial charge in [0.2, 0.25) is 0 Å². The van der Waals surface area contributed by atoms with Crippen LogP contribution in [0.1, 0.15) is 23.7 Å². The summed E-state index contributed by atoms with van der Waals surface area (Å²) in [6, 6.07) is 5.97. The molecule has 0 bridgehead atoms. The molecule has 2 rings (SSSR count). The number of likely N-dealkylation sites (tertiary alicyclic amines) is 1. The fourth-order valence-electron chi connectivity index (χ4n) is 2.51. The molecular formula is C13H17N3O3. The molecule has 2 N–H and O–H groups in total. The van der Waals surface area contributed by atoms with Gasteiger partial charge in [0.25, 0.3) is 11.6 Å². The molecule has 2 atom stereocenters. The van der Waals surface area contributed by atoms with E-state index in [1.165, 1.54) is 18.2 Å². The standard InChI is InChI=1S/C13H17N3O3/c1-9-5-10(7-14)8-15(9)13(17)11-3-2-4-12(6-11)16(18)19/h2-4,6,9-10H,5,7-8,14H2,1H3. The number of amides is 1. The summed E-state index contributed by atoms with van der Waals surface area (Å²) in [6.45, 7) is 3.16. The molecule has 1 heterocycles. The van der Waals surface area contributed by atoms with E-state index < -0.39 is 4.92 Å². The molecule has 19 heavy (non-hydrogen) atoms. The third-order valence-electron chi connectivity index (χ3n) is 3.56. The number of nitrogens with zero attached hydrogens (tertiary/aromatic N) is 2. The molecule has 0 radical (unpaired) electrons. The molecule has 1 aromatic carbocycles. The zero-order chi connectivity index (χ0) is 14.0. The fraction of sp³-hybridized carbons (Fsp3) is 0.462.